The number of allylic oxidation sites excluding steroid dienone is 1. The van der Waals surface area contributed by atoms with Gasteiger partial charge in [-0.1, -0.05) is 41.1 Å². The predicted molar refractivity (Wildman–Crippen MR) is 144 cm³/mol. The first-order valence-corrected chi connectivity index (χ1v) is 13.1. The molecule has 0 aliphatic carbocycles. The molecule has 0 fully saturated rings. The van der Waals surface area contributed by atoms with Gasteiger partial charge in [-0.05, 0) is 65.2 Å². The highest BCUT2D eigenvalue weighted by Crippen LogP contribution is 2.37. The fraction of sp³-hybridized carbons (Fsp3) is 0.231. The summed E-state index contributed by atoms with van der Waals surface area (Å²) in [6.45, 7) is 4.90. The topological polar surface area (TPSA) is 96.2 Å². The van der Waals surface area contributed by atoms with Crippen LogP contribution in [0.25, 0.3) is 6.08 Å². The quantitative estimate of drug-likeness (QED) is 0.310. The van der Waals surface area contributed by atoms with Gasteiger partial charge in [-0.25, -0.2) is 9.79 Å². The smallest absolute Gasteiger partial charge is 0.338 e. The van der Waals surface area contributed by atoms with Gasteiger partial charge in [-0.3, -0.25) is 14.2 Å². The van der Waals surface area contributed by atoms with E-state index in [1.165, 1.54) is 29.9 Å². The zero-order chi connectivity index (χ0) is 26.9. The lowest BCUT2D eigenvalue weighted by molar-refractivity contribution is -0.139. The molecule has 0 amide bonds. The van der Waals surface area contributed by atoms with Crippen LogP contribution in [0.5, 0.6) is 11.5 Å². The van der Waals surface area contributed by atoms with Crippen LogP contribution in [0.2, 0.25) is 5.02 Å². The van der Waals surface area contributed by atoms with Gasteiger partial charge >= 0.3 is 11.9 Å². The summed E-state index contributed by atoms with van der Waals surface area (Å²) in [5.41, 5.74) is 1.57. The van der Waals surface area contributed by atoms with Gasteiger partial charge in [0.2, 0.25) is 0 Å². The number of nitrogens with zero attached hydrogens (tertiary/aromatic N) is 2. The molecule has 3 aromatic rings. The number of hydrogen-bond acceptors (Lipinski definition) is 8. The van der Waals surface area contributed by atoms with Crippen molar-refractivity contribution in [2.24, 2.45) is 4.99 Å². The van der Waals surface area contributed by atoms with E-state index < -0.39 is 18.0 Å². The van der Waals surface area contributed by atoms with Crippen molar-refractivity contribution >= 4 is 56.9 Å². The molecule has 1 aliphatic rings. The number of halogens is 2. The molecular weight excluding hydrogens is 584 g/mol. The van der Waals surface area contributed by atoms with Crippen LogP contribution in [0.1, 0.15) is 37.9 Å². The monoisotopic (exact) mass is 604 g/mol. The Morgan fingerprint density at radius 1 is 1.27 bits per heavy atom. The minimum absolute atomic E-state index is 0.176. The standard InChI is InChI=1S/C26H22BrClN2O6S/c1-5-35-25(33)21-13(2)29-26-30(22(21)16-8-6-7-9-18(16)28)24(32)20(37-26)12-15-10-17(27)23(36-14(3)31)19(11-15)34-4/h6-12,22H,5H2,1-4H3/b20-12-/t22-/m1/s1. The first-order chi connectivity index (χ1) is 17.7. The fourth-order valence-electron chi connectivity index (χ4n) is 4.00. The molecule has 0 radical (unpaired) electrons. The molecule has 0 N–H and O–H groups in total. The zero-order valence-corrected chi connectivity index (χ0v) is 23.5. The molecule has 1 atom stereocenters. The van der Waals surface area contributed by atoms with E-state index in [0.29, 0.717) is 41.4 Å². The molecular formula is C26H22BrClN2O6S. The van der Waals surface area contributed by atoms with Gasteiger partial charge in [-0.2, -0.15) is 0 Å². The molecule has 1 aromatic heterocycles. The van der Waals surface area contributed by atoms with Crippen molar-refractivity contribution in [2.75, 3.05) is 13.7 Å². The lowest BCUT2D eigenvalue weighted by atomic mass is 9.96. The first-order valence-electron chi connectivity index (χ1n) is 11.2. The van der Waals surface area contributed by atoms with Crippen LogP contribution < -0.4 is 24.4 Å². The molecule has 37 heavy (non-hydrogen) atoms. The van der Waals surface area contributed by atoms with Crippen molar-refractivity contribution in [3.63, 3.8) is 0 Å². The van der Waals surface area contributed by atoms with Crippen molar-refractivity contribution < 1.29 is 23.8 Å². The van der Waals surface area contributed by atoms with Crippen LogP contribution in [0, 0.1) is 0 Å². The largest absolute Gasteiger partial charge is 0.493 e. The van der Waals surface area contributed by atoms with Crippen molar-refractivity contribution in [3.05, 3.63) is 88.0 Å². The first kappa shape index (κ1) is 26.8. The average Bonchev–Trinajstić information content (AvgIpc) is 3.14. The second-order valence-electron chi connectivity index (χ2n) is 7.95. The van der Waals surface area contributed by atoms with Crippen LogP contribution >= 0.6 is 38.9 Å². The number of aromatic nitrogens is 1. The molecule has 0 unspecified atom stereocenters. The summed E-state index contributed by atoms with van der Waals surface area (Å²) in [7, 11) is 1.45. The Morgan fingerprint density at radius 2 is 2.00 bits per heavy atom. The maximum atomic E-state index is 13.7. The average molecular weight is 606 g/mol. The van der Waals surface area contributed by atoms with Crippen molar-refractivity contribution in [2.45, 2.75) is 26.8 Å². The number of ether oxygens (including phenoxy) is 3. The Bertz CT molecular complexity index is 1620. The number of carbonyl (C=O) groups is 2. The predicted octanol–water partition coefficient (Wildman–Crippen LogP) is 4.15. The molecule has 2 aromatic carbocycles. The Morgan fingerprint density at radius 3 is 2.65 bits per heavy atom. The molecule has 4 rings (SSSR count). The molecule has 192 valence electrons. The van der Waals surface area contributed by atoms with Crippen LogP contribution in [0.3, 0.4) is 0 Å². The van der Waals surface area contributed by atoms with Crippen LogP contribution in [-0.2, 0) is 14.3 Å². The molecule has 0 bridgehead atoms. The van der Waals surface area contributed by atoms with Crippen LogP contribution in [0.4, 0.5) is 0 Å². The van der Waals surface area contributed by atoms with Gasteiger partial charge in [-0.15, -0.1) is 0 Å². The number of carbonyl (C=O) groups excluding carboxylic acids is 2. The third kappa shape index (κ3) is 5.27. The van der Waals surface area contributed by atoms with Gasteiger partial charge in [0.15, 0.2) is 16.3 Å². The van der Waals surface area contributed by atoms with E-state index in [1.807, 2.05) is 0 Å². The lowest BCUT2D eigenvalue weighted by Crippen LogP contribution is -2.40. The Hall–Kier alpha value is -3.21. The molecule has 1 aliphatic heterocycles. The number of fused-ring (bicyclic) bond motifs is 1. The minimum atomic E-state index is -0.807. The minimum Gasteiger partial charge on any atom is -0.493 e. The van der Waals surface area contributed by atoms with Crippen molar-refractivity contribution in [3.8, 4) is 11.5 Å². The summed E-state index contributed by atoms with van der Waals surface area (Å²) < 4.78 is 18.3. The molecule has 2 heterocycles. The second kappa shape index (κ2) is 11.0. The summed E-state index contributed by atoms with van der Waals surface area (Å²) >= 11 is 11.1. The number of methoxy groups -OCH3 is 1. The number of benzene rings is 2. The van der Waals surface area contributed by atoms with E-state index in [9.17, 15) is 14.4 Å². The second-order valence-corrected chi connectivity index (χ2v) is 10.2. The van der Waals surface area contributed by atoms with Crippen molar-refractivity contribution in [1.82, 2.24) is 4.57 Å². The highest BCUT2D eigenvalue weighted by Gasteiger charge is 2.34. The Labute approximate surface area is 229 Å². The van der Waals surface area contributed by atoms with E-state index >= 15 is 0 Å². The zero-order valence-electron chi connectivity index (χ0n) is 20.3. The van der Waals surface area contributed by atoms with Gasteiger partial charge < -0.3 is 14.2 Å². The summed E-state index contributed by atoms with van der Waals surface area (Å²) in [4.78, 5) is 43.2. The number of hydrogen-bond donors (Lipinski definition) is 0. The molecule has 0 saturated carbocycles. The van der Waals surface area contributed by atoms with E-state index in [4.69, 9.17) is 25.8 Å². The van der Waals surface area contributed by atoms with E-state index in [2.05, 4.69) is 20.9 Å². The maximum absolute atomic E-state index is 13.7. The van der Waals surface area contributed by atoms with Crippen molar-refractivity contribution in [1.29, 1.82) is 0 Å². The molecule has 8 nitrogen and oxygen atoms in total. The normalized spacial score (nSPS) is 15.2. The summed E-state index contributed by atoms with van der Waals surface area (Å²) in [6, 6.07) is 9.61. The number of thiazole rings is 1. The van der Waals surface area contributed by atoms with Gasteiger partial charge in [0, 0.05) is 11.9 Å². The molecule has 0 saturated heterocycles. The highest BCUT2D eigenvalue weighted by atomic mass is 79.9. The molecule has 0 spiro atoms. The van der Waals surface area contributed by atoms with Gasteiger partial charge in [0.1, 0.15) is 6.04 Å². The third-order valence-corrected chi connectivity index (χ3v) is 7.43. The lowest BCUT2D eigenvalue weighted by Gasteiger charge is -2.25. The number of rotatable bonds is 6. The van der Waals surface area contributed by atoms with Gasteiger partial charge in [0.05, 0.1) is 34.0 Å². The maximum Gasteiger partial charge on any atom is 0.338 e. The Balaban J connectivity index is 1.93. The van der Waals surface area contributed by atoms with Gasteiger partial charge in [0.25, 0.3) is 5.56 Å². The number of esters is 2. The highest BCUT2D eigenvalue weighted by molar-refractivity contribution is 9.10. The summed E-state index contributed by atoms with van der Waals surface area (Å²) in [6.07, 6.45) is 1.68. The third-order valence-electron chi connectivity index (χ3n) is 5.51. The molecule has 11 heteroatoms. The van der Waals surface area contributed by atoms with E-state index in [1.54, 1.807) is 56.3 Å². The SMILES string of the molecule is CCOC(=O)C1=C(C)N=c2s/c(=C\c3cc(Br)c(OC(C)=O)c(OC)c3)c(=O)n2[C@@H]1c1ccccc1Cl. The summed E-state index contributed by atoms with van der Waals surface area (Å²) in [5.74, 6) is -0.495. The van der Waals surface area contributed by atoms with E-state index in [0.717, 1.165) is 0 Å². The fourth-order valence-corrected chi connectivity index (χ4v) is 5.83. The van der Waals surface area contributed by atoms with Crippen LogP contribution in [-0.4, -0.2) is 30.2 Å². The summed E-state index contributed by atoms with van der Waals surface area (Å²) in [5, 5.41) is 0.410. The van der Waals surface area contributed by atoms with Crippen LogP contribution in [0.15, 0.2) is 61.9 Å². The Kier molecular flexibility index (Phi) is 8.01. The van der Waals surface area contributed by atoms with E-state index in [-0.39, 0.29) is 23.5 Å².